The second-order valence-corrected chi connectivity index (χ2v) is 7.94. The molecule has 4 rings (SSSR count). The number of piperidine rings is 1. The minimum Gasteiger partial charge on any atom is -0.329 e. The molecule has 2 aliphatic heterocycles. The lowest BCUT2D eigenvalue weighted by molar-refractivity contribution is -0.125. The first-order chi connectivity index (χ1) is 14.0. The Balaban J connectivity index is 0.00000256. The fourth-order valence-electron chi connectivity index (χ4n) is 4.18. The van der Waals surface area contributed by atoms with Crippen molar-refractivity contribution in [2.45, 2.75) is 25.7 Å². The molecule has 1 saturated carbocycles. The Morgan fingerprint density at radius 2 is 1.70 bits per heavy atom. The molecule has 3 fully saturated rings. The lowest BCUT2D eigenvalue weighted by Crippen LogP contribution is -2.33. The van der Waals surface area contributed by atoms with Crippen molar-refractivity contribution in [1.29, 1.82) is 0 Å². The van der Waals surface area contributed by atoms with Crippen LogP contribution in [0.5, 0.6) is 0 Å². The molecule has 30 heavy (non-hydrogen) atoms. The number of carbonyl (C=O) groups is 4. The van der Waals surface area contributed by atoms with Crippen molar-refractivity contribution in [1.82, 2.24) is 15.5 Å². The SMILES string of the molecule is Cl.O=C(CCN1C(=O)CNC1=O)Nc1ccc(NC(=O)C2CC23CCNCC3)cc1. The molecule has 4 N–H and O–H groups in total. The predicted molar refractivity (Wildman–Crippen MR) is 113 cm³/mol. The summed E-state index contributed by atoms with van der Waals surface area (Å²) in [7, 11) is 0. The number of imide groups is 1. The van der Waals surface area contributed by atoms with Gasteiger partial charge in [-0.1, -0.05) is 0 Å². The first-order valence-electron chi connectivity index (χ1n) is 9.97. The number of urea groups is 1. The molecule has 162 valence electrons. The topological polar surface area (TPSA) is 120 Å². The van der Waals surface area contributed by atoms with Gasteiger partial charge in [0, 0.05) is 30.3 Å². The highest BCUT2D eigenvalue weighted by molar-refractivity contribution is 6.02. The highest BCUT2D eigenvalue weighted by atomic mass is 35.5. The van der Waals surface area contributed by atoms with Gasteiger partial charge in [0.25, 0.3) is 0 Å². The molecular weight excluding hydrogens is 410 g/mol. The molecular formula is C20H26ClN5O4. The van der Waals surface area contributed by atoms with E-state index in [1.54, 1.807) is 24.3 Å². The highest BCUT2D eigenvalue weighted by Gasteiger charge is 2.57. The van der Waals surface area contributed by atoms with E-state index in [1.165, 1.54) is 0 Å². The molecule has 1 aromatic rings. The van der Waals surface area contributed by atoms with Crippen molar-refractivity contribution < 1.29 is 19.2 Å². The Hall–Kier alpha value is -2.65. The number of anilines is 2. The van der Waals surface area contributed by atoms with Crippen LogP contribution >= 0.6 is 12.4 Å². The molecule has 0 aromatic heterocycles. The van der Waals surface area contributed by atoms with Crippen LogP contribution in [0.25, 0.3) is 0 Å². The fraction of sp³-hybridized carbons (Fsp3) is 0.500. The first-order valence-corrected chi connectivity index (χ1v) is 9.97. The zero-order valence-electron chi connectivity index (χ0n) is 16.5. The lowest BCUT2D eigenvalue weighted by atomic mass is 9.92. The lowest BCUT2D eigenvalue weighted by Gasteiger charge is -2.23. The summed E-state index contributed by atoms with van der Waals surface area (Å²) in [4.78, 5) is 48.6. The maximum absolute atomic E-state index is 12.5. The van der Waals surface area contributed by atoms with Crippen LogP contribution in [0.15, 0.2) is 24.3 Å². The number of amides is 5. The average Bonchev–Trinajstić information content (AvgIpc) is 3.31. The quantitative estimate of drug-likeness (QED) is 0.502. The Morgan fingerprint density at radius 3 is 2.30 bits per heavy atom. The second-order valence-electron chi connectivity index (χ2n) is 7.94. The number of benzene rings is 1. The third-order valence-electron chi connectivity index (χ3n) is 6.04. The maximum Gasteiger partial charge on any atom is 0.324 e. The summed E-state index contributed by atoms with van der Waals surface area (Å²) in [6.07, 6.45) is 3.10. The molecule has 1 spiro atoms. The van der Waals surface area contributed by atoms with Crippen LogP contribution in [-0.4, -0.2) is 54.8 Å². The van der Waals surface area contributed by atoms with Crippen molar-refractivity contribution in [3.63, 3.8) is 0 Å². The van der Waals surface area contributed by atoms with Gasteiger partial charge in [-0.05, 0) is 62.0 Å². The van der Waals surface area contributed by atoms with Gasteiger partial charge in [0.05, 0.1) is 6.54 Å². The molecule has 0 bridgehead atoms. The molecule has 1 aromatic carbocycles. The van der Waals surface area contributed by atoms with Gasteiger partial charge >= 0.3 is 6.03 Å². The molecule has 1 unspecified atom stereocenters. The van der Waals surface area contributed by atoms with E-state index in [2.05, 4.69) is 21.3 Å². The van der Waals surface area contributed by atoms with E-state index < -0.39 is 6.03 Å². The molecule has 1 aliphatic carbocycles. The summed E-state index contributed by atoms with van der Waals surface area (Å²) in [5, 5.41) is 11.4. The van der Waals surface area contributed by atoms with Gasteiger partial charge < -0.3 is 21.3 Å². The van der Waals surface area contributed by atoms with Crippen molar-refractivity contribution in [3.8, 4) is 0 Å². The summed E-state index contributed by atoms with van der Waals surface area (Å²) in [5.41, 5.74) is 1.48. The predicted octanol–water partition coefficient (Wildman–Crippen LogP) is 1.32. The number of nitrogens with zero attached hydrogens (tertiary/aromatic N) is 1. The Bertz CT molecular complexity index is 822. The van der Waals surface area contributed by atoms with Gasteiger partial charge in [-0.3, -0.25) is 19.3 Å². The molecule has 0 radical (unpaired) electrons. The van der Waals surface area contributed by atoms with Crippen molar-refractivity contribution >= 4 is 47.5 Å². The van der Waals surface area contributed by atoms with Crippen LogP contribution in [0.1, 0.15) is 25.7 Å². The number of halogens is 1. The normalized spacial score (nSPS) is 21.6. The summed E-state index contributed by atoms with van der Waals surface area (Å²) in [5.74, 6) is -0.461. The third-order valence-corrected chi connectivity index (χ3v) is 6.04. The second kappa shape index (κ2) is 9.01. The average molecular weight is 436 g/mol. The van der Waals surface area contributed by atoms with E-state index in [0.29, 0.717) is 11.4 Å². The molecule has 2 heterocycles. The van der Waals surface area contributed by atoms with Gasteiger partial charge in [-0.15, -0.1) is 12.4 Å². The van der Waals surface area contributed by atoms with Gasteiger partial charge in [0.15, 0.2) is 0 Å². The van der Waals surface area contributed by atoms with Gasteiger partial charge in [0.1, 0.15) is 0 Å². The van der Waals surface area contributed by atoms with E-state index >= 15 is 0 Å². The van der Waals surface area contributed by atoms with Crippen molar-refractivity contribution in [2.75, 3.05) is 36.8 Å². The molecule has 2 saturated heterocycles. The summed E-state index contributed by atoms with van der Waals surface area (Å²) in [6, 6.07) is 6.47. The van der Waals surface area contributed by atoms with Crippen LogP contribution in [0, 0.1) is 11.3 Å². The number of carbonyl (C=O) groups excluding carboxylic acids is 4. The van der Waals surface area contributed by atoms with Crippen LogP contribution in [-0.2, 0) is 14.4 Å². The Kier molecular flexibility index (Phi) is 6.62. The Morgan fingerprint density at radius 1 is 1.07 bits per heavy atom. The van der Waals surface area contributed by atoms with Gasteiger partial charge in [-0.2, -0.15) is 0 Å². The van der Waals surface area contributed by atoms with Crippen LogP contribution in [0.2, 0.25) is 0 Å². The highest BCUT2D eigenvalue weighted by Crippen LogP contribution is 2.58. The number of hydrogen-bond donors (Lipinski definition) is 4. The van der Waals surface area contributed by atoms with E-state index in [-0.39, 0.29) is 61.0 Å². The number of nitrogens with one attached hydrogen (secondary N) is 4. The summed E-state index contributed by atoms with van der Waals surface area (Å²) in [6.45, 7) is 1.99. The van der Waals surface area contributed by atoms with Crippen LogP contribution in [0.3, 0.4) is 0 Å². The van der Waals surface area contributed by atoms with Crippen LogP contribution < -0.4 is 21.3 Å². The zero-order chi connectivity index (χ0) is 20.4. The smallest absolute Gasteiger partial charge is 0.324 e. The molecule has 1 atom stereocenters. The summed E-state index contributed by atoms with van der Waals surface area (Å²) < 4.78 is 0. The maximum atomic E-state index is 12.5. The van der Waals surface area contributed by atoms with Gasteiger partial charge in [-0.25, -0.2) is 4.79 Å². The van der Waals surface area contributed by atoms with E-state index in [9.17, 15) is 19.2 Å². The third kappa shape index (κ3) is 4.73. The van der Waals surface area contributed by atoms with Crippen LogP contribution in [0.4, 0.5) is 16.2 Å². The zero-order valence-corrected chi connectivity index (χ0v) is 17.3. The largest absolute Gasteiger partial charge is 0.329 e. The molecule has 10 heteroatoms. The number of hydrogen-bond acceptors (Lipinski definition) is 5. The standard InChI is InChI=1S/C20H25N5O4.ClH/c26-16(5-10-25-17(27)12-22-19(25)29)23-13-1-3-14(4-2-13)24-18(28)15-11-20(15)6-8-21-9-7-20;/h1-4,15,21H,5-12H2,(H,22,29)(H,23,26)(H,24,28);1H. The number of rotatable bonds is 6. The molecule has 5 amide bonds. The summed E-state index contributed by atoms with van der Waals surface area (Å²) >= 11 is 0. The van der Waals surface area contributed by atoms with E-state index in [4.69, 9.17) is 0 Å². The van der Waals surface area contributed by atoms with E-state index in [1.807, 2.05) is 0 Å². The minimum atomic E-state index is -0.468. The van der Waals surface area contributed by atoms with Crippen molar-refractivity contribution in [2.24, 2.45) is 11.3 Å². The first kappa shape index (κ1) is 22.0. The minimum absolute atomic E-state index is 0. The molecule has 3 aliphatic rings. The fourth-order valence-corrected chi connectivity index (χ4v) is 4.18. The molecule has 9 nitrogen and oxygen atoms in total. The Labute approximate surface area is 180 Å². The van der Waals surface area contributed by atoms with E-state index in [0.717, 1.165) is 37.3 Å². The van der Waals surface area contributed by atoms with Gasteiger partial charge in [0.2, 0.25) is 17.7 Å². The monoisotopic (exact) mass is 435 g/mol. The van der Waals surface area contributed by atoms with Crippen molar-refractivity contribution in [3.05, 3.63) is 24.3 Å².